The van der Waals surface area contributed by atoms with E-state index in [1.807, 2.05) is 37.3 Å². The van der Waals surface area contributed by atoms with Crippen LogP contribution in [0.5, 0.6) is 11.5 Å². The molecular formula is C24H26BrN3O3. The Bertz CT molecular complexity index is 1150. The van der Waals surface area contributed by atoms with Crippen LogP contribution in [0.25, 0.3) is 10.9 Å². The van der Waals surface area contributed by atoms with Crippen molar-refractivity contribution in [1.82, 2.24) is 9.66 Å². The fourth-order valence-electron chi connectivity index (χ4n) is 3.08. The standard InChI is InChI=1S/C24H26BrN3O3/c1-4-7-8-23-27-20-11-10-18(25)15-19(20)24(29)28(23)26-16-17-9-12-21(31-13-5-2)22(14-17)30-6-3/h5,9-12,14-16H,2,4,6-8,13H2,1,3H3. The second kappa shape index (κ2) is 10.9. The molecule has 0 atom stereocenters. The number of hydrogen-bond donors (Lipinski definition) is 0. The molecule has 0 aliphatic rings. The topological polar surface area (TPSA) is 65.7 Å². The number of aryl methyl sites for hydroxylation is 1. The minimum absolute atomic E-state index is 0.190. The Morgan fingerprint density at radius 1 is 1.16 bits per heavy atom. The lowest BCUT2D eigenvalue weighted by Crippen LogP contribution is -2.22. The Hall–Kier alpha value is -2.93. The van der Waals surface area contributed by atoms with Crippen LogP contribution in [0.4, 0.5) is 0 Å². The minimum Gasteiger partial charge on any atom is -0.490 e. The Morgan fingerprint density at radius 3 is 2.74 bits per heavy atom. The number of fused-ring (bicyclic) bond motifs is 1. The highest BCUT2D eigenvalue weighted by molar-refractivity contribution is 9.10. The maximum Gasteiger partial charge on any atom is 0.282 e. The predicted octanol–water partition coefficient (Wildman–Crippen LogP) is 5.35. The molecule has 0 spiro atoms. The summed E-state index contributed by atoms with van der Waals surface area (Å²) < 4.78 is 13.6. The summed E-state index contributed by atoms with van der Waals surface area (Å²) in [4.78, 5) is 17.9. The van der Waals surface area contributed by atoms with Crippen LogP contribution in [-0.4, -0.2) is 29.1 Å². The molecule has 7 heteroatoms. The lowest BCUT2D eigenvalue weighted by molar-refractivity contribution is 0.297. The average Bonchev–Trinajstić information content (AvgIpc) is 2.77. The van der Waals surface area contributed by atoms with E-state index in [4.69, 9.17) is 14.5 Å². The first kappa shape index (κ1) is 22.7. The zero-order valence-corrected chi connectivity index (χ0v) is 19.4. The minimum atomic E-state index is -0.190. The largest absolute Gasteiger partial charge is 0.490 e. The number of halogens is 1. The van der Waals surface area contributed by atoms with Gasteiger partial charge in [-0.15, -0.1) is 0 Å². The predicted molar refractivity (Wildman–Crippen MR) is 129 cm³/mol. The van der Waals surface area contributed by atoms with Gasteiger partial charge in [-0.1, -0.05) is 41.9 Å². The molecule has 0 aliphatic carbocycles. The van der Waals surface area contributed by atoms with Gasteiger partial charge in [0, 0.05) is 10.9 Å². The summed E-state index contributed by atoms with van der Waals surface area (Å²) in [5.41, 5.74) is 1.27. The molecule has 1 aromatic heterocycles. The molecule has 1 heterocycles. The van der Waals surface area contributed by atoms with E-state index < -0.39 is 0 Å². The molecule has 0 unspecified atom stereocenters. The third-order valence-electron chi connectivity index (χ3n) is 4.58. The van der Waals surface area contributed by atoms with Crippen molar-refractivity contribution in [3.63, 3.8) is 0 Å². The van der Waals surface area contributed by atoms with E-state index in [-0.39, 0.29) is 5.56 Å². The van der Waals surface area contributed by atoms with Crippen LogP contribution in [-0.2, 0) is 6.42 Å². The summed E-state index contributed by atoms with van der Waals surface area (Å²) in [5, 5.41) is 5.01. The molecule has 0 radical (unpaired) electrons. The normalized spacial score (nSPS) is 11.2. The Kier molecular flexibility index (Phi) is 8.00. The molecule has 0 fully saturated rings. The van der Waals surface area contributed by atoms with E-state index in [2.05, 4.69) is 34.5 Å². The van der Waals surface area contributed by atoms with Crippen LogP contribution in [0.1, 0.15) is 38.1 Å². The molecule has 6 nitrogen and oxygen atoms in total. The number of ether oxygens (including phenoxy) is 2. The zero-order valence-electron chi connectivity index (χ0n) is 17.8. The third-order valence-corrected chi connectivity index (χ3v) is 5.07. The number of rotatable bonds is 10. The Balaban J connectivity index is 2.03. The van der Waals surface area contributed by atoms with Gasteiger partial charge in [0.25, 0.3) is 5.56 Å². The zero-order chi connectivity index (χ0) is 22.2. The molecule has 0 saturated heterocycles. The van der Waals surface area contributed by atoms with Crippen LogP contribution >= 0.6 is 15.9 Å². The van der Waals surface area contributed by atoms with Crippen molar-refractivity contribution in [2.75, 3.05) is 13.2 Å². The highest BCUT2D eigenvalue weighted by Gasteiger charge is 2.11. The third kappa shape index (κ3) is 5.61. The maximum absolute atomic E-state index is 13.2. The van der Waals surface area contributed by atoms with Crippen LogP contribution in [0.15, 0.2) is 63.4 Å². The van der Waals surface area contributed by atoms with Crippen molar-refractivity contribution in [2.45, 2.75) is 33.1 Å². The highest BCUT2D eigenvalue weighted by Crippen LogP contribution is 2.28. The molecule has 3 rings (SSSR count). The van der Waals surface area contributed by atoms with Crippen LogP contribution in [0, 0.1) is 0 Å². The first-order valence-corrected chi connectivity index (χ1v) is 11.1. The van der Waals surface area contributed by atoms with Crippen LogP contribution in [0.3, 0.4) is 0 Å². The molecule has 0 N–H and O–H groups in total. The Morgan fingerprint density at radius 2 is 2.00 bits per heavy atom. The fourth-order valence-corrected chi connectivity index (χ4v) is 3.44. The molecule has 0 aliphatic heterocycles. The number of benzene rings is 2. The molecule has 3 aromatic rings. The van der Waals surface area contributed by atoms with Gasteiger partial charge in [0.05, 0.1) is 23.7 Å². The average molecular weight is 484 g/mol. The van der Waals surface area contributed by atoms with Crippen LogP contribution in [0.2, 0.25) is 0 Å². The lowest BCUT2D eigenvalue weighted by Gasteiger charge is -2.12. The van der Waals surface area contributed by atoms with Gasteiger partial charge in [0.15, 0.2) is 11.5 Å². The van der Waals surface area contributed by atoms with E-state index >= 15 is 0 Å². The summed E-state index contributed by atoms with van der Waals surface area (Å²) in [7, 11) is 0. The van der Waals surface area contributed by atoms with Gasteiger partial charge in [-0.05, 0) is 55.3 Å². The van der Waals surface area contributed by atoms with Gasteiger partial charge in [-0.3, -0.25) is 4.79 Å². The molecule has 162 valence electrons. The summed E-state index contributed by atoms with van der Waals surface area (Å²) in [5.74, 6) is 1.90. The summed E-state index contributed by atoms with van der Waals surface area (Å²) in [6.45, 7) is 8.59. The van der Waals surface area contributed by atoms with Crippen molar-refractivity contribution in [1.29, 1.82) is 0 Å². The van der Waals surface area contributed by atoms with Crippen molar-refractivity contribution >= 4 is 33.0 Å². The van der Waals surface area contributed by atoms with E-state index in [1.165, 1.54) is 4.68 Å². The number of nitrogens with zero attached hydrogens (tertiary/aromatic N) is 3. The Labute approximate surface area is 190 Å². The van der Waals surface area contributed by atoms with Crippen molar-refractivity contribution in [2.24, 2.45) is 5.10 Å². The molecule has 0 bridgehead atoms. The maximum atomic E-state index is 13.2. The van der Waals surface area contributed by atoms with Gasteiger partial charge in [0.2, 0.25) is 0 Å². The molecule has 31 heavy (non-hydrogen) atoms. The van der Waals surface area contributed by atoms with Crippen molar-refractivity contribution in [3.8, 4) is 11.5 Å². The quantitative estimate of drug-likeness (QED) is 0.288. The second-order valence-corrected chi connectivity index (χ2v) is 7.81. The monoisotopic (exact) mass is 483 g/mol. The number of aromatic nitrogens is 2. The number of unbranched alkanes of at least 4 members (excludes halogenated alkanes) is 1. The number of hydrogen-bond acceptors (Lipinski definition) is 5. The van der Waals surface area contributed by atoms with E-state index in [0.717, 1.165) is 22.9 Å². The summed E-state index contributed by atoms with van der Waals surface area (Å²) in [6, 6.07) is 11.0. The molecular weight excluding hydrogens is 458 g/mol. The SMILES string of the molecule is C=CCOc1ccc(C=Nn2c(CCCC)nc3ccc(Br)cc3c2=O)cc1OCC. The molecule has 0 amide bonds. The van der Waals surface area contributed by atoms with Crippen molar-refractivity contribution < 1.29 is 9.47 Å². The molecule has 2 aromatic carbocycles. The van der Waals surface area contributed by atoms with E-state index in [1.54, 1.807) is 18.4 Å². The van der Waals surface area contributed by atoms with Crippen molar-refractivity contribution in [3.05, 3.63) is 75.3 Å². The van der Waals surface area contributed by atoms with E-state index in [0.29, 0.717) is 47.9 Å². The van der Waals surface area contributed by atoms with Crippen LogP contribution < -0.4 is 15.0 Å². The van der Waals surface area contributed by atoms with Gasteiger partial charge in [-0.25, -0.2) is 4.98 Å². The lowest BCUT2D eigenvalue weighted by atomic mass is 10.2. The second-order valence-electron chi connectivity index (χ2n) is 6.89. The summed E-state index contributed by atoms with van der Waals surface area (Å²) in [6.07, 6.45) is 5.92. The van der Waals surface area contributed by atoms with Gasteiger partial charge in [-0.2, -0.15) is 9.78 Å². The van der Waals surface area contributed by atoms with Gasteiger partial charge < -0.3 is 9.47 Å². The van der Waals surface area contributed by atoms with Gasteiger partial charge >= 0.3 is 0 Å². The molecule has 0 saturated carbocycles. The first-order valence-electron chi connectivity index (χ1n) is 10.3. The van der Waals surface area contributed by atoms with E-state index in [9.17, 15) is 4.79 Å². The smallest absolute Gasteiger partial charge is 0.282 e. The summed E-state index contributed by atoms with van der Waals surface area (Å²) >= 11 is 3.43. The first-order chi connectivity index (χ1) is 15.1. The fraction of sp³-hybridized carbons (Fsp3) is 0.292. The van der Waals surface area contributed by atoms with Gasteiger partial charge in [0.1, 0.15) is 12.4 Å². The highest BCUT2D eigenvalue weighted by atomic mass is 79.9.